The van der Waals surface area contributed by atoms with E-state index in [1.54, 1.807) is 12.1 Å². The van der Waals surface area contributed by atoms with Crippen molar-refractivity contribution in [3.63, 3.8) is 0 Å². The molecule has 0 radical (unpaired) electrons. The van der Waals surface area contributed by atoms with Gasteiger partial charge in [0.2, 0.25) is 0 Å². The molecule has 0 amide bonds. The maximum absolute atomic E-state index is 13.5. The molecule has 150 valence electrons. The number of nitrogens with one attached hydrogen (secondary N) is 1. The summed E-state index contributed by atoms with van der Waals surface area (Å²) >= 11 is 0. The molecule has 0 aliphatic carbocycles. The molecule has 3 heterocycles. The average molecular weight is 402 g/mol. The predicted molar refractivity (Wildman–Crippen MR) is 109 cm³/mol. The summed E-state index contributed by atoms with van der Waals surface area (Å²) in [5.74, 6) is 2.07. The molecule has 30 heavy (non-hydrogen) atoms. The lowest BCUT2D eigenvalue weighted by atomic mass is 10.0. The van der Waals surface area contributed by atoms with Gasteiger partial charge in [0, 0.05) is 16.7 Å². The van der Waals surface area contributed by atoms with E-state index in [2.05, 4.69) is 22.6 Å². The largest absolute Gasteiger partial charge is 0.486 e. The van der Waals surface area contributed by atoms with E-state index in [0.29, 0.717) is 13.2 Å². The summed E-state index contributed by atoms with van der Waals surface area (Å²) < 4.78 is 31.2. The molecule has 1 N–H and O–H groups in total. The third-order valence-electron chi connectivity index (χ3n) is 5.61. The smallest absolute Gasteiger partial charge is 0.195 e. The molecule has 6 heteroatoms. The first-order chi connectivity index (χ1) is 14.8. The van der Waals surface area contributed by atoms with Crippen molar-refractivity contribution in [2.45, 2.75) is 12.3 Å². The fourth-order valence-electron chi connectivity index (χ4n) is 4.17. The molecule has 0 bridgehead atoms. The van der Waals surface area contributed by atoms with Crippen molar-refractivity contribution in [3.05, 3.63) is 95.3 Å². The van der Waals surface area contributed by atoms with Crippen LogP contribution in [0.3, 0.4) is 0 Å². The van der Waals surface area contributed by atoms with Crippen LogP contribution in [0.5, 0.6) is 17.2 Å². The lowest BCUT2D eigenvalue weighted by Crippen LogP contribution is -2.43. The number of hydrazine groups is 1. The van der Waals surface area contributed by atoms with E-state index in [1.165, 1.54) is 12.1 Å². The number of benzene rings is 3. The minimum Gasteiger partial charge on any atom is -0.486 e. The molecule has 3 aliphatic heterocycles. The van der Waals surface area contributed by atoms with Crippen LogP contribution in [0.2, 0.25) is 0 Å². The quantitative estimate of drug-likeness (QED) is 0.679. The highest BCUT2D eigenvalue weighted by molar-refractivity contribution is 5.70. The number of fused-ring (bicyclic) bond motifs is 4. The fourth-order valence-corrected chi connectivity index (χ4v) is 4.17. The summed E-state index contributed by atoms with van der Waals surface area (Å²) in [5, 5.41) is 2.06. The highest BCUT2D eigenvalue weighted by atomic mass is 19.1. The second-order valence-corrected chi connectivity index (χ2v) is 7.46. The van der Waals surface area contributed by atoms with Gasteiger partial charge in [-0.2, -0.15) is 5.01 Å². The molecule has 0 saturated heterocycles. The number of para-hydroxylation sites is 1. The Morgan fingerprint density at radius 3 is 2.53 bits per heavy atom. The molecule has 0 aromatic heterocycles. The van der Waals surface area contributed by atoms with E-state index in [1.807, 2.05) is 36.4 Å². The molecular weight excluding hydrogens is 383 g/mol. The summed E-state index contributed by atoms with van der Waals surface area (Å²) in [6.07, 6.45) is 1.79. The van der Waals surface area contributed by atoms with Gasteiger partial charge in [0.05, 0.1) is 11.7 Å². The van der Waals surface area contributed by atoms with Gasteiger partial charge in [-0.05, 0) is 42.5 Å². The van der Waals surface area contributed by atoms with Crippen LogP contribution >= 0.6 is 0 Å². The molecule has 0 fully saturated rings. The van der Waals surface area contributed by atoms with E-state index >= 15 is 0 Å². The van der Waals surface area contributed by atoms with Crippen LogP contribution in [-0.4, -0.2) is 18.2 Å². The maximum Gasteiger partial charge on any atom is 0.195 e. The molecule has 0 saturated carbocycles. The van der Waals surface area contributed by atoms with Gasteiger partial charge < -0.3 is 19.6 Å². The molecule has 5 nitrogen and oxygen atoms in total. The number of nitrogens with zero attached hydrogens (tertiary/aromatic N) is 1. The molecule has 3 aromatic rings. The van der Waals surface area contributed by atoms with Gasteiger partial charge in [0.1, 0.15) is 24.8 Å². The zero-order chi connectivity index (χ0) is 20.1. The predicted octanol–water partition coefficient (Wildman–Crippen LogP) is 4.59. The van der Waals surface area contributed by atoms with Crippen molar-refractivity contribution in [2.75, 3.05) is 13.2 Å². The number of hydrogen-bond acceptors (Lipinski definition) is 5. The molecule has 3 aliphatic rings. The lowest BCUT2D eigenvalue weighted by Gasteiger charge is -2.38. The van der Waals surface area contributed by atoms with Crippen molar-refractivity contribution in [3.8, 4) is 17.2 Å². The Kier molecular flexibility index (Phi) is 3.92. The second kappa shape index (κ2) is 6.78. The SMILES string of the molecule is Fc1ccc([C@@H]2Oc3ccccc3[C@H]3C=C(c4ccc5c(c4)OCCO5)NN32)cc1. The summed E-state index contributed by atoms with van der Waals surface area (Å²) in [6, 6.07) is 20.4. The second-order valence-electron chi connectivity index (χ2n) is 7.46. The standard InChI is InChI=1S/C24H19FN2O3/c25-17-8-5-15(6-9-17)24-27-20(18-3-1-2-4-21(18)30-24)14-19(26-27)16-7-10-22-23(13-16)29-12-11-28-22/h1-10,13-14,20,24,26H,11-12H2/t20-,24+/m1/s1. The van der Waals surface area contributed by atoms with Crippen molar-refractivity contribution < 1.29 is 18.6 Å². The molecule has 0 unspecified atom stereocenters. The molecular formula is C24H19FN2O3. The first-order valence-corrected chi connectivity index (χ1v) is 9.94. The Morgan fingerprint density at radius 2 is 1.67 bits per heavy atom. The van der Waals surface area contributed by atoms with Gasteiger partial charge >= 0.3 is 0 Å². The van der Waals surface area contributed by atoms with Crippen LogP contribution in [-0.2, 0) is 0 Å². The molecule has 0 spiro atoms. The molecule has 2 atom stereocenters. The fraction of sp³-hybridized carbons (Fsp3) is 0.167. The summed E-state index contributed by atoms with van der Waals surface area (Å²) in [5.41, 5.74) is 7.42. The molecule has 6 rings (SSSR count). The van der Waals surface area contributed by atoms with Gasteiger partial charge in [0.25, 0.3) is 0 Å². The van der Waals surface area contributed by atoms with Gasteiger partial charge in [0.15, 0.2) is 17.7 Å². The van der Waals surface area contributed by atoms with Crippen molar-refractivity contribution >= 4 is 5.70 Å². The zero-order valence-electron chi connectivity index (χ0n) is 16.0. The monoisotopic (exact) mass is 402 g/mol. The van der Waals surface area contributed by atoms with Crippen molar-refractivity contribution in [1.82, 2.24) is 10.4 Å². The third-order valence-corrected chi connectivity index (χ3v) is 5.61. The summed E-state index contributed by atoms with van der Waals surface area (Å²) in [4.78, 5) is 0. The van der Waals surface area contributed by atoms with E-state index in [9.17, 15) is 4.39 Å². The van der Waals surface area contributed by atoms with Crippen LogP contribution in [0.15, 0.2) is 72.8 Å². The van der Waals surface area contributed by atoms with E-state index in [-0.39, 0.29) is 11.9 Å². The molecule has 3 aromatic carbocycles. The average Bonchev–Trinajstić information content (AvgIpc) is 3.25. The first kappa shape index (κ1) is 17.4. The van der Waals surface area contributed by atoms with Gasteiger partial charge in [-0.1, -0.05) is 30.3 Å². The minimum absolute atomic E-state index is 0.0202. The van der Waals surface area contributed by atoms with E-state index < -0.39 is 6.23 Å². The Balaban J connectivity index is 1.40. The number of ether oxygens (including phenoxy) is 3. The summed E-state index contributed by atoms with van der Waals surface area (Å²) in [7, 11) is 0. The van der Waals surface area contributed by atoms with Crippen LogP contribution in [0.1, 0.15) is 29.0 Å². The Hall–Kier alpha value is -3.51. The van der Waals surface area contributed by atoms with Crippen molar-refractivity contribution in [1.29, 1.82) is 0 Å². The van der Waals surface area contributed by atoms with Gasteiger partial charge in [-0.25, -0.2) is 4.39 Å². The number of halogens is 1. The van der Waals surface area contributed by atoms with E-state index in [4.69, 9.17) is 14.2 Å². The topological polar surface area (TPSA) is 43.0 Å². The highest BCUT2D eigenvalue weighted by Crippen LogP contribution is 2.46. The van der Waals surface area contributed by atoms with Crippen molar-refractivity contribution in [2.24, 2.45) is 0 Å². The Bertz CT molecular complexity index is 1150. The normalized spacial score (nSPS) is 21.7. The number of hydrogen-bond donors (Lipinski definition) is 1. The first-order valence-electron chi connectivity index (χ1n) is 9.94. The zero-order valence-corrected chi connectivity index (χ0v) is 16.0. The lowest BCUT2D eigenvalue weighted by molar-refractivity contribution is -0.0326. The van der Waals surface area contributed by atoms with Crippen LogP contribution in [0.4, 0.5) is 4.39 Å². The van der Waals surface area contributed by atoms with Crippen LogP contribution in [0.25, 0.3) is 5.70 Å². The van der Waals surface area contributed by atoms with Crippen LogP contribution < -0.4 is 19.6 Å². The Labute approximate surface area is 173 Å². The van der Waals surface area contributed by atoms with Gasteiger partial charge in [-0.3, -0.25) is 0 Å². The summed E-state index contributed by atoms with van der Waals surface area (Å²) in [6.45, 7) is 1.11. The third kappa shape index (κ3) is 2.80. The van der Waals surface area contributed by atoms with Crippen LogP contribution in [0, 0.1) is 5.82 Å². The van der Waals surface area contributed by atoms with Gasteiger partial charge in [-0.15, -0.1) is 0 Å². The minimum atomic E-state index is -0.392. The van der Waals surface area contributed by atoms with E-state index in [0.717, 1.165) is 39.6 Å². The Morgan fingerprint density at radius 1 is 0.867 bits per heavy atom. The number of rotatable bonds is 2. The maximum atomic E-state index is 13.5. The highest BCUT2D eigenvalue weighted by Gasteiger charge is 2.40.